The van der Waals surface area contributed by atoms with Gasteiger partial charge in [0.15, 0.2) is 5.82 Å². The normalized spacial score (nSPS) is 30.9. The number of benzene rings is 1. The molecule has 0 spiro atoms. The smallest absolute Gasteiger partial charge is 0.150 e. The predicted molar refractivity (Wildman–Crippen MR) is 64.2 cm³/mol. The quantitative estimate of drug-likeness (QED) is 0.837. The molecule has 1 aromatic rings. The Morgan fingerprint density at radius 3 is 2.59 bits per heavy atom. The Hall–Kier alpha value is -0.830. The van der Waals surface area contributed by atoms with Gasteiger partial charge in [-0.05, 0) is 37.2 Å². The molecule has 92 valence electrons. The summed E-state index contributed by atoms with van der Waals surface area (Å²) in [7, 11) is 0. The van der Waals surface area contributed by atoms with Gasteiger partial charge in [-0.25, -0.2) is 8.78 Å². The van der Waals surface area contributed by atoms with E-state index in [9.17, 15) is 8.78 Å². The minimum absolute atomic E-state index is 0.130. The average molecular weight is 258 g/mol. The standard InChI is InChI=1S/C13H14ClF2N/c14-10-5-9(15)6-11(16)13(10)17-12-4-7-1-2-8(12)3-7/h5-8,12,17H,1-4H2. The van der Waals surface area contributed by atoms with Crippen molar-refractivity contribution in [3.05, 3.63) is 28.8 Å². The molecular formula is C13H14ClF2N. The van der Waals surface area contributed by atoms with Gasteiger partial charge in [0.2, 0.25) is 0 Å². The lowest BCUT2D eigenvalue weighted by molar-refractivity contribution is 0.438. The number of nitrogens with one attached hydrogen (secondary N) is 1. The average Bonchev–Trinajstić information content (AvgIpc) is 2.84. The van der Waals surface area contributed by atoms with Crippen molar-refractivity contribution in [3.63, 3.8) is 0 Å². The summed E-state index contributed by atoms with van der Waals surface area (Å²) in [5.74, 6) is 0.170. The molecule has 3 unspecified atom stereocenters. The van der Waals surface area contributed by atoms with E-state index < -0.39 is 11.6 Å². The largest absolute Gasteiger partial charge is 0.378 e. The summed E-state index contributed by atoms with van der Waals surface area (Å²) in [5.41, 5.74) is 0.255. The molecule has 0 aliphatic heterocycles. The highest BCUT2D eigenvalue weighted by Gasteiger charge is 2.39. The van der Waals surface area contributed by atoms with Crippen molar-refractivity contribution >= 4 is 17.3 Å². The molecule has 0 aromatic heterocycles. The summed E-state index contributed by atoms with van der Waals surface area (Å²) < 4.78 is 26.5. The van der Waals surface area contributed by atoms with Gasteiger partial charge < -0.3 is 5.32 Å². The van der Waals surface area contributed by atoms with Gasteiger partial charge in [0.05, 0.1) is 10.7 Å². The molecule has 3 atom stereocenters. The molecule has 1 nitrogen and oxygen atoms in total. The maximum absolute atomic E-state index is 13.6. The minimum Gasteiger partial charge on any atom is -0.378 e. The van der Waals surface area contributed by atoms with Crippen LogP contribution in [0.2, 0.25) is 5.02 Å². The van der Waals surface area contributed by atoms with Crippen LogP contribution < -0.4 is 5.32 Å². The van der Waals surface area contributed by atoms with Gasteiger partial charge in [-0.15, -0.1) is 0 Å². The van der Waals surface area contributed by atoms with Gasteiger partial charge in [-0.3, -0.25) is 0 Å². The molecule has 17 heavy (non-hydrogen) atoms. The van der Waals surface area contributed by atoms with Crippen LogP contribution in [0.1, 0.15) is 25.7 Å². The van der Waals surface area contributed by atoms with Gasteiger partial charge in [0.1, 0.15) is 5.82 Å². The van der Waals surface area contributed by atoms with Crippen molar-refractivity contribution in [2.75, 3.05) is 5.32 Å². The third kappa shape index (κ3) is 2.01. The van der Waals surface area contributed by atoms with Crippen LogP contribution in [-0.4, -0.2) is 6.04 Å². The predicted octanol–water partition coefficient (Wildman–Crippen LogP) is 4.22. The molecule has 0 saturated heterocycles. The van der Waals surface area contributed by atoms with Crippen LogP contribution in [0.25, 0.3) is 0 Å². The van der Waals surface area contributed by atoms with Gasteiger partial charge >= 0.3 is 0 Å². The molecule has 3 rings (SSSR count). The second-order valence-corrected chi connectivity index (χ2v) is 5.58. The molecule has 1 aromatic carbocycles. The fraction of sp³-hybridized carbons (Fsp3) is 0.538. The Morgan fingerprint density at radius 2 is 2.00 bits per heavy atom. The van der Waals surface area contributed by atoms with Crippen LogP contribution in [0.4, 0.5) is 14.5 Å². The van der Waals surface area contributed by atoms with Crippen molar-refractivity contribution in [3.8, 4) is 0 Å². The van der Waals surface area contributed by atoms with Crippen molar-refractivity contribution in [1.29, 1.82) is 0 Å². The molecule has 2 fully saturated rings. The van der Waals surface area contributed by atoms with E-state index in [1.54, 1.807) is 0 Å². The van der Waals surface area contributed by atoms with Gasteiger partial charge in [0, 0.05) is 12.1 Å². The van der Waals surface area contributed by atoms with E-state index in [4.69, 9.17) is 11.6 Å². The lowest BCUT2D eigenvalue weighted by Crippen LogP contribution is -2.26. The number of fused-ring (bicyclic) bond motifs is 2. The lowest BCUT2D eigenvalue weighted by Gasteiger charge is -2.24. The topological polar surface area (TPSA) is 12.0 Å². The lowest BCUT2D eigenvalue weighted by atomic mass is 9.95. The highest BCUT2D eigenvalue weighted by Crippen LogP contribution is 2.46. The Morgan fingerprint density at radius 1 is 1.18 bits per heavy atom. The maximum Gasteiger partial charge on any atom is 0.150 e. The summed E-state index contributed by atoms with van der Waals surface area (Å²) in [6.07, 6.45) is 4.82. The molecular weight excluding hydrogens is 244 g/mol. The SMILES string of the molecule is Fc1cc(F)c(NC2CC3CCC2C3)c(Cl)c1. The molecule has 2 saturated carbocycles. The van der Waals surface area contributed by atoms with E-state index >= 15 is 0 Å². The molecule has 2 aliphatic carbocycles. The van der Waals surface area contributed by atoms with E-state index in [1.165, 1.54) is 19.3 Å². The molecule has 4 heteroatoms. The Labute approximate surface area is 104 Å². The highest BCUT2D eigenvalue weighted by molar-refractivity contribution is 6.33. The first-order valence-electron chi connectivity index (χ1n) is 6.04. The van der Waals surface area contributed by atoms with E-state index in [0.29, 0.717) is 12.0 Å². The van der Waals surface area contributed by atoms with E-state index in [2.05, 4.69) is 5.32 Å². The van der Waals surface area contributed by atoms with Gasteiger partial charge in [-0.1, -0.05) is 18.0 Å². The number of anilines is 1. The van der Waals surface area contributed by atoms with Crippen LogP contribution in [0.5, 0.6) is 0 Å². The van der Waals surface area contributed by atoms with Crippen molar-refractivity contribution in [2.45, 2.75) is 31.7 Å². The fourth-order valence-corrected chi connectivity index (χ4v) is 3.54. The Kier molecular flexibility index (Phi) is 2.74. The Bertz CT molecular complexity index is 426. The fourth-order valence-electron chi connectivity index (χ4n) is 3.29. The molecule has 0 heterocycles. The van der Waals surface area contributed by atoms with E-state index in [1.807, 2.05) is 0 Å². The molecule has 0 amide bonds. The van der Waals surface area contributed by atoms with Crippen LogP contribution in [0, 0.1) is 23.5 Å². The summed E-state index contributed by atoms with van der Waals surface area (Å²) in [6.45, 7) is 0. The van der Waals surface area contributed by atoms with E-state index in [-0.39, 0.29) is 10.7 Å². The Balaban J connectivity index is 1.81. The zero-order valence-corrected chi connectivity index (χ0v) is 10.1. The zero-order valence-electron chi connectivity index (χ0n) is 9.35. The molecule has 2 bridgehead atoms. The monoisotopic (exact) mass is 257 g/mol. The summed E-state index contributed by atoms with van der Waals surface area (Å²) in [6, 6.07) is 2.33. The summed E-state index contributed by atoms with van der Waals surface area (Å²) in [5, 5.41) is 3.29. The van der Waals surface area contributed by atoms with Crippen molar-refractivity contribution in [2.24, 2.45) is 11.8 Å². The number of halogens is 3. The maximum atomic E-state index is 13.6. The third-order valence-corrected chi connectivity index (χ3v) is 4.37. The first-order valence-corrected chi connectivity index (χ1v) is 6.42. The van der Waals surface area contributed by atoms with E-state index in [0.717, 1.165) is 24.5 Å². The van der Waals surface area contributed by atoms with Crippen molar-refractivity contribution in [1.82, 2.24) is 0 Å². The first-order chi connectivity index (χ1) is 8.13. The second kappa shape index (κ2) is 4.13. The summed E-state index contributed by atoms with van der Waals surface area (Å²) >= 11 is 5.87. The van der Waals surface area contributed by atoms with Crippen LogP contribution >= 0.6 is 11.6 Å². The number of rotatable bonds is 2. The second-order valence-electron chi connectivity index (χ2n) is 5.17. The van der Waals surface area contributed by atoms with Gasteiger partial charge in [0.25, 0.3) is 0 Å². The van der Waals surface area contributed by atoms with Gasteiger partial charge in [-0.2, -0.15) is 0 Å². The number of hydrogen-bond donors (Lipinski definition) is 1. The highest BCUT2D eigenvalue weighted by atomic mass is 35.5. The third-order valence-electron chi connectivity index (χ3n) is 4.07. The number of hydrogen-bond acceptors (Lipinski definition) is 1. The van der Waals surface area contributed by atoms with Crippen LogP contribution in [-0.2, 0) is 0 Å². The van der Waals surface area contributed by atoms with Crippen molar-refractivity contribution < 1.29 is 8.78 Å². The van der Waals surface area contributed by atoms with Crippen LogP contribution in [0.3, 0.4) is 0 Å². The van der Waals surface area contributed by atoms with Crippen LogP contribution in [0.15, 0.2) is 12.1 Å². The molecule has 2 aliphatic rings. The minimum atomic E-state index is -0.633. The zero-order chi connectivity index (χ0) is 12.0. The molecule has 1 N–H and O–H groups in total. The molecule has 0 radical (unpaired) electrons. The summed E-state index contributed by atoms with van der Waals surface area (Å²) in [4.78, 5) is 0. The first kappa shape index (κ1) is 11.3.